The summed E-state index contributed by atoms with van der Waals surface area (Å²) in [5.41, 5.74) is 7.46. The Hall–Kier alpha value is -2.17. The minimum atomic E-state index is -3.94. The van der Waals surface area contributed by atoms with Crippen molar-refractivity contribution in [1.29, 1.82) is 0 Å². The minimum absolute atomic E-state index is 0.0964. The Morgan fingerprint density at radius 3 is 2.71 bits per heavy atom. The first kappa shape index (κ1) is 20.6. The van der Waals surface area contributed by atoms with E-state index in [0.717, 1.165) is 5.56 Å². The predicted molar refractivity (Wildman–Crippen MR) is 105 cm³/mol. The van der Waals surface area contributed by atoms with Gasteiger partial charge >= 0.3 is 0 Å². The zero-order valence-corrected chi connectivity index (χ0v) is 16.7. The van der Waals surface area contributed by atoms with E-state index >= 15 is 0 Å². The number of halogens is 1. The van der Waals surface area contributed by atoms with Gasteiger partial charge in [0.15, 0.2) is 0 Å². The number of sulfonamides is 1. The van der Waals surface area contributed by atoms with Crippen LogP contribution in [-0.4, -0.2) is 27.5 Å². The zero-order valence-electron chi connectivity index (χ0n) is 15.1. The van der Waals surface area contributed by atoms with Crippen molar-refractivity contribution in [1.82, 2.24) is 16.2 Å². The maximum absolute atomic E-state index is 12.4. The molecule has 1 aliphatic rings. The van der Waals surface area contributed by atoms with Crippen LogP contribution < -0.4 is 26.0 Å². The lowest BCUT2D eigenvalue weighted by Crippen LogP contribution is -2.42. The molecular formula is C18H21ClN4O4S. The monoisotopic (exact) mass is 424 g/mol. The van der Waals surface area contributed by atoms with Gasteiger partial charge in [-0.3, -0.25) is 4.79 Å². The molecule has 1 heterocycles. The van der Waals surface area contributed by atoms with Crippen molar-refractivity contribution < 1.29 is 17.9 Å². The first-order valence-corrected chi connectivity index (χ1v) is 10.4. The van der Waals surface area contributed by atoms with Crippen LogP contribution in [0.1, 0.15) is 23.6 Å². The molecule has 2 aromatic rings. The molecule has 1 fully saturated rings. The summed E-state index contributed by atoms with van der Waals surface area (Å²) in [7, 11) is -2.56. The van der Waals surface area contributed by atoms with Gasteiger partial charge in [0.1, 0.15) is 16.7 Å². The summed E-state index contributed by atoms with van der Waals surface area (Å²) in [6.45, 7) is 0.319. The summed E-state index contributed by atoms with van der Waals surface area (Å²) in [5, 5.41) is 8.70. The van der Waals surface area contributed by atoms with Gasteiger partial charge in [-0.15, -0.1) is 0 Å². The molecule has 1 amide bonds. The number of nitrogens with two attached hydrogens (primary N) is 1. The van der Waals surface area contributed by atoms with Crippen LogP contribution in [0.3, 0.4) is 0 Å². The van der Waals surface area contributed by atoms with Gasteiger partial charge in [0.25, 0.3) is 0 Å². The Morgan fingerprint density at radius 2 is 2.04 bits per heavy atom. The number of methoxy groups -OCH3 is 1. The number of benzene rings is 2. The summed E-state index contributed by atoms with van der Waals surface area (Å²) < 4.78 is 28.6. The fourth-order valence-corrected chi connectivity index (χ4v) is 3.96. The summed E-state index contributed by atoms with van der Waals surface area (Å²) >= 11 is 6.10. The lowest BCUT2D eigenvalue weighted by atomic mass is 10.0. The predicted octanol–water partition coefficient (Wildman–Crippen LogP) is 1.22. The Bertz CT molecular complexity index is 983. The number of ether oxygens (including phenoxy) is 1. The number of rotatable bonds is 6. The lowest BCUT2D eigenvalue weighted by molar-refractivity contribution is -0.123. The highest BCUT2D eigenvalue weighted by molar-refractivity contribution is 7.89. The first-order valence-electron chi connectivity index (χ1n) is 8.52. The van der Waals surface area contributed by atoms with E-state index < -0.39 is 16.1 Å². The van der Waals surface area contributed by atoms with Crippen molar-refractivity contribution in [2.75, 3.05) is 7.11 Å². The molecule has 2 atom stereocenters. The Morgan fingerprint density at radius 1 is 1.29 bits per heavy atom. The Labute approximate surface area is 168 Å². The van der Waals surface area contributed by atoms with Crippen LogP contribution in [0.2, 0.25) is 5.02 Å². The number of carbonyl (C=O) groups is 1. The third kappa shape index (κ3) is 4.62. The van der Waals surface area contributed by atoms with Crippen LogP contribution in [0.4, 0.5) is 0 Å². The molecular weight excluding hydrogens is 404 g/mol. The first-order chi connectivity index (χ1) is 13.3. The van der Waals surface area contributed by atoms with Gasteiger partial charge in [0.05, 0.1) is 7.11 Å². The molecule has 2 unspecified atom stereocenters. The van der Waals surface area contributed by atoms with E-state index in [4.69, 9.17) is 21.5 Å². The van der Waals surface area contributed by atoms with Crippen LogP contribution in [0, 0.1) is 0 Å². The highest BCUT2D eigenvalue weighted by Gasteiger charge is 2.31. The van der Waals surface area contributed by atoms with Crippen molar-refractivity contribution in [3.8, 4) is 5.75 Å². The average molecular weight is 425 g/mol. The molecule has 0 radical (unpaired) electrons. The second-order valence-electron chi connectivity index (χ2n) is 6.39. The molecule has 1 saturated heterocycles. The zero-order chi connectivity index (χ0) is 20.3. The molecule has 10 heteroatoms. The fraction of sp³-hybridized carbons (Fsp3) is 0.278. The van der Waals surface area contributed by atoms with Gasteiger partial charge in [-0.25, -0.2) is 24.4 Å². The Balaban J connectivity index is 1.66. The maximum atomic E-state index is 12.4. The second kappa shape index (κ2) is 8.46. The molecule has 0 aromatic heterocycles. The maximum Gasteiger partial charge on any atom is 0.241 e. The number of primary sulfonamides is 1. The van der Waals surface area contributed by atoms with Crippen LogP contribution in [0.15, 0.2) is 47.4 Å². The van der Waals surface area contributed by atoms with E-state index in [1.807, 2.05) is 18.2 Å². The van der Waals surface area contributed by atoms with Gasteiger partial charge in [0.2, 0.25) is 15.9 Å². The van der Waals surface area contributed by atoms with Gasteiger partial charge in [-0.2, -0.15) is 0 Å². The van der Waals surface area contributed by atoms with Crippen molar-refractivity contribution in [2.24, 2.45) is 5.14 Å². The summed E-state index contributed by atoms with van der Waals surface area (Å²) in [4.78, 5) is 12.3. The number of hydrogen-bond donors (Lipinski definition) is 4. The normalized spacial score (nSPS) is 19.4. The quantitative estimate of drug-likeness (QED) is 0.553. The van der Waals surface area contributed by atoms with Crippen molar-refractivity contribution in [2.45, 2.75) is 29.9 Å². The molecule has 150 valence electrons. The van der Waals surface area contributed by atoms with Crippen molar-refractivity contribution in [3.63, 3.8) is 0 Å². The van der Waals surface area contributed by atoms with E-state index in [2.05, 4.69) is 16.2 Å². The highest BCUT2D eigenvalue weighted by atomic mass is 35.5. The van der Waals surface area contributed by atoms with Crippen LogP contribution in [0.25, 0.3) is 0 Å². The molecule has 0 aliphatic carbocycles. The van der Waals surface area contributed by atoms with Gasteiger partial charge in [0, 0.05) is 17.6 Å². The van der Waals surface area contributed by atoms with E-state index in [-0.39, 0.29) is 22.6 Å². The average Bonchev–Trinajstić information content (AvgIpc) is 3.16. The fourth-order valence-electron chi connectivity index (χ4n) is 3.03. The van der Waals surface area contributed by atoms with Gasteiger partial charge in [-0.1, -0.05) is 35.9 Å². The molecule has 0 bridgehead atoms. The molecule has 0 saturated carbocycles. The standard InChI is InChI=1S/C18H21ClN4O4S/c1-27-16-7-6-11(8-17(16)28(20,25)26)14-9-15(23-22-14)18(24)21-10-12-4-2-3-5-13(12)19/h2-8,14-15,22-23H,9-10H2,1H3,(H,21,24)(H2,20,25,26). The van der Waals surface area contributed by atoms with Gasteiger partial charge < -0.3 is 10.1 Å². The molecule has 3 rings (SSSR count). The molecule has 0 spiro atoms. The largest absolute Gasteiger partial charge is 0.495 e. The van der Waals surface area contributed by atoms with E-state index in [9.17, 15) is 13.2 Å². The number of amides is 1. The number of carbonyl (C=O) groups excluding carboxylic acids is 1. The van der Waals surface area contributed by atoms with Gasteiger partial charge in [-0.05, 0) is 35.7 Å². The van der Waals surface area contributed by atoms with E-state index in [1.165, 1.54) is 13.2 Å². The molecule has 8 nitrogen and oxygen atoms in total. The Kier molecular flexibility index (Phi) is 6.21. The third-order valence-corrected chi connectivity index (χ3v) is 5.83. The van der Waals surface area contributed by atoms with Crippen molar-refractivity contribution in [3.05, 3.63) is 58.6 Å². The van der Waals surface area contributed by atoms with Crippen LogP contribution in [-0.2, 0) is 21.4 Å². The van der Waals surface area contributed by atoms with E-state index in [0.29, 0.717) is 23.6 Å². The SMILES string of the molecule is COc1ccc(C2CC(C(=O)NCc3ccccc3Cl)NN2)cc1S(N)(=O)=O. The number of hydrazine groups is 1. The summed E-state index contributed by atoms with van der Waals surface area (Å²) in [6.07, 6.45) is 0.435. The number of hydrogen-bond acceptors (Lipinski definition) is 6. The molecule has 1 aliphatic heterocycles. The molecule has 5 N–H and O–H groups in total. The minimum Gasteiger partial charge on any atom is -0.495 e. The summed E-state index contributed by atoms with van der Waals surface area (Å²) in [6, 6.07) is 11.3. The highest BCUT2D eigenvalue weighted by Crippen LogP contribution is 2.29. The lowest BCUT2D eigenvalue weighted by Gasteiger charge is -2.13. The van der Waals surface area contributed by atoms with E-state index in [1.54, 1.807) is 18.2 Å². The van der Waals surface area contributed by atoms with Crippen molar-refractivity contribution >= 4 is 27.5 Å². The summed E-state index contributed by atoms with van der Waals surface area (Å²) in [5.74, 6) is -0.0126. The number of nitrogens with one attached hydrogen (secondary N) is 3. The molecule has 2 aromatic carbocycles. The van der Waals surface area contributed by atoms with Crippen LogP contribution >= 0.6 is 11.6 Å². The second-order valence-corrected chi connectivity index (χ2v) is 8.33. The smallest absolute Gasteiger partial charge is 0.241 e. The molecule has 28 heavy (non-hydrogen) atoms. The van der Waals surface area contributed by atoms with Crippen LogP contribution in [0.5, 0.6) is 5.75 Å². The topological polar surface area (TPSA) is 123 Å². The third-order valence-electron chi connectivity index (χ3n) is 4.53.